The molecule has 0 aromatic heterocycles. The van der Waals surface area contributed by atoms with Gasteiger partial charge in [-0.3, -0.25) is 14.5 Å². The van der Waals surface area contributed by atoms with E-state index in [4.69, 9.17) is 5.73 Å². The Morgan fingerprint density at radius 3 is 2.04 bits per heavy atom. The molecule has 0 atom stereocenters. The Balaban J connectivity index is 1.48. The van der Waals surface area contributed by atoms with Gasteiger partial charge in [-0.15, -0.1) is 0 Å². The van der Waals surface area contributed by atoms with Crippen LogP contribution in [0.5, 0.6) is 0 Å². The van der Waals surface area contributed by atoms with E-state index >= 15 is 0 Å². The summed E-state index contributed by atoms with van der Waals surface area (Å²) in [5.74, 6) is -0.131. The molecule has 1 saturated carbocycles. The number of carbonyl (C=O) groups excluding carboxylic acids is 2. The van der Waals surface area contributed by atoms with Crippen molar-refractivity contribution >= 4 is 23.2 Å². The Bertz CT molecular complexity index is 588. The second kappa shape index (κ2) is 7.32. The lowest BCUT2D eigenvalue weighted by Crippen LogP contribution is -2.37. The summed E-state index contributed by atoms with van der Waals surface area (Å²) in [6.07, 6.45) is 6.34. The molecule has 0 spiro atoms. The quantitative estimate of drug-likeness (QED) is 0.770. The second-order valence-electron chi connectivity index (χ2n) is 6.93. The molecule has 6 nitrogen and oxygen atoms in total. The van der Waals surface area contributed by atoms with Crippen molar-refractivity contribution in [1.29, 1.82) is 0 Å². The van der Waals surface area contributed by atoms with E-state index in [0.29, 0.717) is 12.2 Å². The van der Waals surface area contributed by atoms with Crippen LogP contribution in [0.3, 0.4) is 0 Å². The maximum atomic E-state index is 12.2. The number of anilines is 2. The number of rotatable bonds is 5. The highest BCUT2D eigenvalue weighted by atomic mass is 16.2. The second-order valence-corrected chi connectivity index (χ2v) is 6.93. The fraction of sp³-hybridized carbons (Fsp3) is 0.556. The molecule has 0 bridgehead atoms. The van der Waals surface area contributed by atoms with Crippen molar-refractivity contribution < 1.29 is 9.59 Å². The summed E-state index contributed by atoms with van der Waals surface area (Å²) in [5, 5.41) is 5.73. The van der Waals surface area contributed by atoms with Crippen molar-refractivity contribution in [2.24, 2.45) is 5.73 Å². The summed E-state index contributed by atoms with van der Waals surface area (Å²) in [6, 6.07) is 7.16. The van der Waals surface area contributed by atoms with E-state index in [1.807, 2.05) is 0 Å². The fourth-order valence-corrected chi connectivity index (χ4v) is 2.95. The molecular formula is C18H26N4O2. The number of benzene rings is 1. The SMILES string of the molecule is NC1(C(=O)Nc2ccc(NC(=O)CN3CCCCCC3)cc2)CC1. The number of nitrogens with one attached hydrogen (secondary N) is 2. The van der Waals surface area contributed by atoms with Gasteiger partial charge >= 0.3 is 0 Å². The number of nitrogens with two attached hydrogens (primary N) is 1. The molecule has 4 N–H and O–H groups in total. The van der Waals surface area contributed by atoms with Crippen molar-refractivity contribution in [3.05, 3.63) is 24.3 Å². The minimum absolute atomic E-state index is 0.00702. The van der Waals surface area contributed by atoms with Crippen molar-refractivity contribution in [3.63, 3.8) is 0 Å². The van der Waals surface area contributed by atoms with Gasteiger partial charge in [-0.2, -0.15) is 0 Å². The standard InChI is InChI=1S/C18H26N4O2/c19-18(9-10-18)17(24)21-15-7-5-14(6-8-15)20-16(23)13-22-11-3-1-2-4-12-22/h5-8H,1-4,9-13,19H2,(H,20,23)(H,21,24). The summed E-state index contributed by atoms with van der Waals surface area (Å²) < 4.78 is 0. The van der Waals surface area contributed by atoms with Gasteiger partial charge in [-0.05, 0) is 63.0 Å². The van der Waals surface area contributed by atoms with Crippen LogP contribution in [0.15, 0.2) is 24.3 Å². The van der Waals surface area contributed by atoms with Crippen molar-refractivity contribution in [2.75, 3.05) is 30.3 Å². The van der Waals surface area contributed by atoms with Crippen molar-refractivity contribution in [2.45, 2.75) is 44.1 Å². The monoisotopic (exact) mass is 330 g/mol. The maximum Gasteiger partial charge on any atom is 0.244 e. The number of amides is 2. The van der Waals surface area contributed by atoms with Crippen LogP contribution in [-0.4, -0.2) is 41.9 Å². The van der Waals surface area contributed by atoms with E-state index in [9.17, 15) is 9.59 Å². The zero-order valence-corrected chi connectivity index (χ0v) is 14.0. The van der Waals surface area contributed by atoms with Gasteiger partial charge in [-0.25, -0.2) is 0 Å². The third kappa shape index (κ3) is 4.55. The average molecular weight is 330 g/mol. The molecule has 2 aliphatic rings. The smallest absolute Gasteiger partial charge is 0.244 e. The van der Waals surface area contributed by atoms with E-state index in [1.54, 1.807) is 24.3 Å². The lowest BCUT2D eigenvalue weighted by atomic mass is 10.2. The molecule has 1 aliphatic carbocycles. The van der Waals surface area contributed by atoms with Crippen LogP contribution in [0.1, 0.15) is 38.5 Å². The van der Waals surface area contributed by atoms with E-state index in [-0.39, 0.29) is 11.8 Å². The van der Waals surface area contributed by atoms with Crippen LogP contribution in [0.4, 0.5) is 11.4 Å². The molecule has 24 heavy (non-hydrogen) atoms. The van der Waals surface area contributed by atoms with Crippen LogP contribution in [0.2, 0.25) is 0 Å². The summed E-state index contributed by atoms with van der Waals surface area (Å²) >= 11 is 0. The number of likely N-dealkylation sites (tertiary alicyclic amines) is 1. The average Bonchev–Trinajstić information content (AvgIpc) is 3.34. The first-order chi connectivity index (χ1) is 11.5. The number of hydrogen-bond donors (Lipinski definition) is 3. The van der Waals surface area contributed by atoms with Crippen LogP contribution < -0.4 is 16.4 Å². The molecule has 1 heterocycles. The first-order valence-corrected chi connectivity index (χ1v) is 8.78. The van der Waals surface area contributed by atoms with Gasteiger partial charge in [-0.1, -0.05) is 12.8 Å². The van der Waals surface area contributed by atoms with Crippen molar-refractivity contribution in [3.8, 4) is 0 Å². The molecule has 2 fully saturated rings. The number of hydrogen-bond acceptors (Lipinski definition) is 4. The molecule has 2 amide bonds. The van der Waals surface area contributed by atoms with Gasteiger partial charge in [0.2, 0.25) is 11.8 Å². The predicted octanol–water partition coefficient (Wildman–Crippen LogP) is 1.93. The van der Waals surface area contributed by atoms with Gasteiger partial charge in [0.05, 0.1) is 12.1 Å². The lowest BCUT2D eigenvalue weighted by molar-refractivity contribution is -0.118. The number of nitrogens with zero attached hydrogens (tertiary/aromatic N) is 1. The van der Waals surface area contributed by atoms with Gasteiger partial charge in [0.1, 0.15) is 0 Å². The number of carbonyl (C=O) groups is 2. The molecule has 1 aromatic carbocycles. The van der Waals surface area contributed by atoms with Gasteiger partial charge in [0.25, 0.3) is 0 Å². The molecule has 6 heteroatoms. The van der Waals surface area contributed by atoms with E-state index in [2.05, 4.69) is 15.5 Å². The lowest BCUT2D eigenvalue weighted by Gasteiger charge is -2.19. The van der Waals surface area contributed by atoms with E-state index < -0.39 is 5.54 Å². The Kier molecular flexibility index (Phi) is 5.16. The first-order valence-electron chi connectivity index (χ1n) is 8.78. The van der Waals surface area contributed by atoms with Crippen molar-refractivity contribution in [1.82, 2.24) is 4.90 Å². The van der Waals surface area contributed by atoms with Gasteiger partial charge in [0.15, 0.2) is 0 Å². The first kappa shape index (κ1) is 16.9. The third-order valence-electron chi connectivity index (χ3n) is 4.73. The van der Waals surface area contributed by atoms with Gasteiger partial charge < -0.3 is 16.4 Å². The maximum absolute atomic E-state index is 12.2. The fourth-order valence-electron chi connectivity index (χ4n) is 2.95. The zero-order valence-electron chi connectivity index (χ0n) is 14.0. The Hall–Kier alpha value is -1.92. The molecule has 0 unspecified atom stereocenters. The summed E-state index contributed by atoms with van der Waals surface area (Å²) in [4.78, 5) is 26.3. The summed E-state index contributed by atoms with van der Waals surface area (Å²) in [6.45, 7) is 2.44. The minimum Gasteiger partial charge on any atom is -0.325 e. The highest BCUT2D eigenvalue weighted by molar-refractivity contribution is 6.00. The molecule has 1 aliphatic heterocycles. The Morgan fingerprint density at radius 2 is 1.50 bits per heavy atom. The molecule has 1 saturated heterocycles. The molecule has 1 aromatic rings. The zero-order chi connectivity index (χ0) is 17.0. The highest BCUT2D eigenvalue weighted by Gasteiger charge is 2.45. The Morgan fingerprint density at radius 1 is 0.958 bits per heavy atom. The van der Waals surface area contributed by atoms with Crippen LogP contribution >= 0.6 is 0 Å². The van der Waals surface area contributed by atoms with E-state index in [1.165, 1.54) is 25.7 Å². The van der Waals surface area contributed by atoms with Gasteiger partial charge in [0, 0.05) is 11.4 Å². The summed E-state index contributed by atoms with van der Waals surface area (Å²) in [5.41, 5.74) is 6.61. The van der Waals surface area contributed by atoms with Crippen LogP contribution in [-0.2, 0) is 9.59 Å². The Labute approximate surface area is 142 Å². The summed E-state index contributed by atoms with van der Waals surface area (Å²) in [7, 11) is 0. The normalized spacial score (nSPS) is 20.0. The largest absolute Gasteiger partial charge is 0.325 e. The van der Waals surface area contributed by atoms with Crippen LogP contribution in [0.25, 0.3) is 0 Å². The van der Waals surface area contributed by atoms with Crippen LogP contribution in [0, 0.1) is 0 Å². The van der Waals surface area contributed by atoms with E-state index in [0.717, 1.165) is 31.6 Å². The highest BCUT2D eigenvalue weighted by Crippen LogP contribution is 2.33. The molecule has 3 rings (SSSR count). The molecular weight excluding hydrogens is 304 g/mol. The minimum atomic E-state index is -0.681. The predicted molar refractivity (Wildman–Crippen MR) is 94.8 cm³/mol. The molecule has 0 radical (unpaired) electrons. The molecule has 130 valence electrons. The third-order valence-corrected chi connectivity index (χ3v) is 4.73. The topological polar surface area (TPSA) is 87.5 Å².